The minimum atomic E-state index is 0.579. The van der Waals surface area contributed by atoms with Crippen LogP contribution >= 0.6 is 90.4 Å². The van der Waals surface area contributed by atoms with E-state index in [2.05, 4.69) is 203 Å². The molecule has 0 radical (unpaired) electrons. The van der Waals surface area contributed by atoms with Crippen molar-refractivity contribution in [2.24, 2.45) is 35.5 Å². The van der Waals surface area contributed by atoms with Crippen LogP contribution in [0.15, 0.2) is 12.4 Å². The van der Waals surface area contributed by atoms with E-state index in [0.29, 0.717) is 35.9 Å². The Labute approximate surface area is 333 Å². The SMILES string of the molecule is CCC1C(C)C(C)C(C)c2nc(I)c(I)n21.CCC1C(C)C(C)C(C)c2nc(I)cn21.CCC1C(C)C(C)C(C)c2ncc(I)n21. The van der Waals surface area contributed by atoms with E-state index < -0.39 is 0 Å². The van der Waals surface area contributed by atoms with Gasteiger partial charge in [-0.25, -0.2) is 15.0 Å². The van der Waals surface area contributed by atoms with Gasteiger partial charge < -0.3 is 13.7 Å². The van der Waals surface area contributed by atoms with Crippen LogP contribution in [0.25, 0.3) is 0 Å². The fourth-order valence-corrected chi connectivity index (χ4v) is 11.1. The smallest absolute Gasteiger partial charge is 0.133 e. The Kier molecular flexibility index (Phi) is 13.9. The fourth-order valence-electron chi connectivity index (χ4n) is 8.56. The van der Waals surface area contributed by atoms with Crippen molar-refractivity contribution >= 4 is 90.4 Å². The van der Waals surface area contributed by atoms with Gasteiger partial charge in [0.05, 0.1) is 9.90 Å². The minimum Gasteiger partial charge on any atom is -0.330 e. The van der Waals surface area contributed by atoms with Crippen LogP contribution in [0.1, 0.15) is 156 Å². The maximum atomic E-state index is 4.76. The summed E-state index contributed by atoms with van der Waals surface area (Å²) < 4.78 is 12.3. The lowest BCUT2D eigenvalue weighted by Crippen LogP contribution is -2.33. The lowest BCUT2D eigenvalue weighted by atomic mass is 9.76. The van der Waals surface area contributed by atoms with Crippen molar-refractivity contribution in [1.82, 2.24) is 28.7 Å². The van der Waals surface area contributed by atoms with E-state index >= 15 is 0 Å². The molecule has 0 aromatic carbocycles. The van der Waals surface area contributed by atoms with Gasteiger partial charge in [0, 0.05) is 42.1 Å². The van der Waals surface area contributed by atoms with Crippen molar-refractivity contribution in [1.29, 1.82) is 0 Å². The van der Waals surface area contributed by atoms with Crippen LogP contribution in [-0.2, 0) is 0 Å². The number of rotatable bonds is 3. The molecule has 0 amide bonds. The monoisotopic (exact) mass is 1080 g/mol. The second-order valence-corrected chi connectivity index (χ2v) is 18.8. The molecule has 0 saturated carbocycles. The van der Waals surface area contributed by atoms with Gasteiger partial charge in [0.15, 0.2) is 0 Å². The van der Waals surface area contributed by atoms with Gasteiger partial charge in [-0.15, -0.1) is 0 Å². The Morgan fingerprint density at radius 2 is 1.02 bits per heavy atom. The van der Waals surface area contributed by atoms with E-state index in [1.54, 1.807) is 0 Å². The molecule has 6 rings (SSSR count). The number of aromatic nitrogens is 6. The Morgan fingerprint density at radius 1 is 0.565 bits per heavy atom. The van der Waals surface area contributed by atoms with Crippen molar-refractivity contribution in [2.45, 2.75) is 138 Å². The first-order chi connectivity index (χ1) is 21.6. The van der Waals surface area contributed by atoms with E-state index in [1.165, 1.54) is 47.8 Å². The van der Waals surface area contributed by atoms with Crippen LogP contribution in [0, 0.1) is 50.3 Å². The number of hydrogen-bond donors (Lipinski definition) is 0. The topological polar surface area (TPSA) is 53.5 Å². The molecule has 0 aliphatic carbocycles. The minimum absolute atomic E-state index is 0.579. The predicted octanol–water partition coefficient (Wildman–Crippen LogP) is 12.1. The second kappa shape index (κ2) is 16.3. The first kappa shape index (κ1) is 39.3. The van der Waals surface area contributed by atoms with Crippen LogP contribution in [0.3, 0.4) is 0 Å². The van der Waals surface area contributed by atoms with Gasteiger partial charge in [-0.05, 0) is 145 Å². The fraction of sp³-hybridized carbons (Fsp3) is 0.750. The third kappa shape index (κ3) is 7.30. The van der Waals surface area contributed by atoms with Crippen LogP contribution < -0.4 is 0 Å². The van der Waals surface area contributed by atoms with Crippen molar-refractivity contribution in [3.8, 4) is 0 Å². The molecule has 3 aliphatic rings. The lowest BCUT2D eigenvalue weighted by molar-refractivity contribution is 0.181. The van der Waals surface area contributed by atoms with Crippen LogP contribution in [0.2, 0.25) is 0 Å². The normalized spacial score (nSPS) is 34.8. The number of nitrogens with zero attached hydrogens (tertiary/aromatic N) is 6. The molecule has 46 heavy (non-hydrogen) atoms. The molecular weight excluding hydrogens is 1020 g/mol. The van der Waals surface area contributed by atoms with Crippen molar-refractivity contribution in [3.05, 3.63) is 44.7 Å². The molecule has 3 aromatic rings. The number of imidazole rings is 3. The Hall–Kier alpha value is 0.550. The summed E-state index contributed by atoms with van der Waals surface area (Å²) in [5.41, 5.74) is 0. The Morgan fingerprint density at radius 3 is 1.54 bits per heavy atom. The average Bonchev–Trinajstić information content (AvgIpc) is 3.70. The zero-order valence-electron chi connectivity index (χ0n) is 29.9. The first-order valence-corrected chi connectivity index (χ1v) is 21.8. The summed E-state index contributed by atoms with van der Waals surface area (Å²) in [6.07, 6.45) is 7.84. The summed E-state index contributed by atoms with van der Waals surface area (Å²) in [5.74, 6) is 10.1. The van der Waals surface area contributed by atoms with Crippen molar-refractivity contribution in [3.63, 3.8) is 0 Å². The predicted molar refractivity (Wildman–Crippen MR) is 226 cm³/mol. The van der Waals surface area contributed by atoms with E-state index in [-0.39, 0.29) is 0 Å². The number of fused-ring (bicyclic) bond motifs is 3. The van der Waals surface area contributed by atoms with Crippen LogP contribution in [-0.4, -0.2) is 28.7 Å². The summed E-state index contributed by atoms with van der Waals surface area (Å²) in [4.78, 5) is 14.0. The highest BCUT2D eigenvalue weighted by atomic mass is 127. The average molecular weight is 1080 g/mol. The van der Waals surface area contributed by atoms with Gasteiger partial charge in [0.1, 0.15) is 28.6 Å². The van der Waals surface area contributed by atoms with Gasteiger partial charge >= 0.3 is 0 Å². The highest BCUT2D eigenvalue weighted by Gasteiger charge is 2.39. The van der Waals surface area contributed by atoms with E-state index in [0.717, 1.165) is 39.2 Å². The zero-order valence-corrected chi connectivity index (χ0v) is 38.5. The number of hydrogen-bond acceptors (Lipinski definition) is 3. The van der Waals surface area contributed by atoms with Crippen LogP contribution in [0.4, 0.5) is 0 Å². The van der Waals surface area contributed by atoms with Crippen LogP contribution in [0.5, 0.6) is 0 Å². The molecule has 0 fully saturated rings. The molecular formula is C36H56I4N6. The molecule has 6 nitrogen and oxygen atoms in total. The van der Waals surface area contributed by atoms with E-state index in [1.807, 2.05) is 6.20 Å². The standard InChI is InChI=1S/C12H18I2N2.2C12H19IN2/c1-5-9-7(3)6(2)8(4)12-15-10(13)11(14)16(9)12;1-5-10-8(3)7(2)9(4)12-14-11(13)6-15(10)12;1-5-10-8(3)7(2)9(4)12-14-6-11(13)15(10)12/h6-9H,5H2,1-4H3;2*6-10H,5H2,1-4H3. The summed E-state index contributed by atoms with van der Waals surface area (Å²) in [6, 6.07) is 1.91. The first-order valence-electron chi connectivity index (χ1n) is 17.5. The molecule has 3 aliphatic heterocycles. The third-order valence-electron chi connectivity index (χ3n) is 12.5. The Balaban J connectivity index is 0.000000157. The molecule has 0 spiro atoms. The van der Waals surface area contributed by atoms with E-state index in [4.69, 9.17) is 4.98 Å². The summed E-state index contributed by atoms with van der Waals surface area (Å²) in [5, 5.41) is 0. The van der Waals surface area contributed by atoms with Gasteiger partial charge in [-0.3, -0.25) is 0 Å². The van der Waals surface area contributed by atoms with Crippen molar-refractivity contribution < 1.29 is 0 Å². The van der Waals surface area contributed by atoms with Gasteiger partial charge in [-0.1, -0.05) is 83.1 Å². The van der Waals surface area contributed by atoms with E-state index in [9.17, 15) is 0 Å². The lowest BCUT2D eigenvalue weighted by Gasteiger charge is -2.39. The zero-order chi connectivity index (χ0) is 34.4. The summed E-state index contributed by atoms with van der Waals surface area (Å²) >= 11 is 9.52. The quantitative estimate of drug-likeness (QED) is 0.246. The molecule has 0 bridgehead atoms. The molecule has 258 valence electrons. The molecule has 0 N–H and O–H groups in total. The highest BCUT2D eigenvalue weighted by Crippen LogP contribution is 2.46. The summed E-state index contributed by atoms with van der Waals surface area (Å²) in [6.45, 7) is 28.0. The Bertz CT molecular complexity index is 1450. The molecule has 3 aromatic heterocycles. The third-order valence-corrected chi connectivity index (χ3v) is 16.7. The molecule has 0 saturated heterocycles. The van der Waals surface area contributed by atoms with Crippen molar-refractivity contribution in [2.75, 3.05) is 0 Å². The molecule has 12 unspecified atom stereocenters. The molecule has 10 heteroatoms. The maximum absolute atomic E-state index is 4.76. The van der Waals surface area contributed by atoms with Gasteiger partial charge in [0.25, 0.3) is 0 Å². The number of halogens is 4. The second-order valence-electron chi connectivity index (χ2n) is 14.5. The highest BCUT2D eigenvalue weighted by molar-refractivity contribution is 14.1. The van der Waals surface area contributed by atoms with Gasteiger partial charge in [0.2, 0.25) is 0 Å². The summed E-state index contributed by atoms with van der Waals surface area (Å²) in [7, 11) is 0. The largest absolute Gasteiger partial charge is 0.330 e. The van der Waals surface area contributed by atoms with Gasteiger partial charge in [-0.2, -0.15) is 0 Å². The maximum Gasteiger partial charge on any atom is 0.133 e. The molecule has 12 atom stereocenters. The molecule has 6 heterocycles.